The van der Waals surface area contributed by atoms with Gasteiger partial charge in [-0.25, -0.2) is 4.79 Å². The monoisotopic (exact) mass is 239 g/mol. The van der Waals surface area contributed by atoms with Gasteiger partial charge in [0.15, 0.2) is 0 Å². The number of nitrogens with zero attached hydrogens (tertiary/aromatic N) is 1. The zero-order valence-corrected chi connectivity index (χ0v) is 9.63. The number of carboxylic acids is 1. The van der Waals surface area contributed by atoms with Crippen LogP contribution < -0.4 is 0 Å². The highest BCUT2D eigenvalue weighted by atomic mass is 16.4. The van der Waals surface area contributed by atoms with E-state index in [0.29, 0.717) is 12.3 Å². The van der Waals surface area contributed by atoms with E-state index >= 15 is 0 Å². The summed E-state index contributed by atoms with van der Waals surface area (Å²) < 4.78 is 5.22. The van der Waals surface area contributed by atoms with Crippen molar-refractivity contribution in [3.05, 3.63) is 23.7 Å². The molecule has 2 heterocycles. The Bertz CT molecular complexity index is 388. The minimum absolute atomic E-state index is 0.114. The second kappa shape index (κ2) is 5.33. The van der Waals surface area contributed by atoms with E-state index in [9.17, 15) is 9.90 Å². The molecule has 1 aliphatic heterocycles. The summed E-state index contributed by atoms with van der Waals surface area (Å²) in [5, 5.41) is 18.3. The SMILES string of the molecule is O=C(O)c1ccoc1CN1CCCCC1CO. The molecule has 1 unspecified atom stereocenters. The Labute approximate surface area is 99.6 Å². The van der Waals surface area contributed by atoms with Crippen LogP contribution in [-0.4, -0.2) is 40.3 Å². The van der Waals surface area contributed by atoms with Gasteiger partial charge in [0.1, 0.15) is 11.3 Å². The first kappa shape index (κ1) is 12.1. The molecule has 0 amide bonds. The van der Waals surface area contributed by atoms with E-state index in [1.807, 2.05) is 0 Å². The van der Waals surface area contributed by atoms with E-state index in [1.54, 1.807) is 0 Å². The molecule has 5 nitrogen and oxygen atoms in total. The highest BCUT2D eigenvalue weighted by Crippen LogP contribution is 2.21. The van der Waals surface area contributed by atoms with E-state index in [1.165, 1.54) is 12.3 Å². The van der Waals surface area contributed by atoms with Crippen LogP contribution in [0.3, 0.4) is 0 Å². The number of aliphatic hydroxyl groups is 1. The zero-order chi connectivity index (χ0) is 12.3. The lowest BCUT2D eigenvalue weighted by atomic mass is 10.0. The van der Waals surface area contributed by atoms with Crippen molar-refractivity contribution >= 4 is 5.97 Å². The lowest BCUT2D eigenvalue weighted by molar-refractivity contribution is 0.0672. The van der Waals surface area contributed by atoms with Gasteiger partial charge in [0, 0.05) is 6.04 Å². The van der Waals surface area contributed by atoms with E-state index in [2.05, 4.69) is 4.90 Å². The maximum atomic E-state index is 10.9. The molecule has 1 atom stereocenters. The smallest absolute Gasteiger partial charge is 0.339 e. The van der Waals surface area contributed by atoms with Crippen LogP contribution in [0, 0.1) is 0 Å². The fourth-order valence-corrected chi connectivity index (χ4v) is 2.31. The molecule has 1 fully saturated rings. The van der Waals surface area contributed by atoms with Crippen molar-refractivity contribution in [1.82, 2.24) is 4.90 Å². The van der Waals surface area contributed by atoms with Gasteiger partial charge in [0.2, 0.25) is 0 Å². The number of furan rings is 1. The van der Waals surface area contributed by atoms with E-state index in [0.717, 1.165) is 25.8 Å². The summed E-state index contributed by atoms with van der Waals surface area (Å²) in [6, 6.07) is 1.59. The molecule has 0 aliphatic carbocycles. The molecule has 0 bridgehead atoms. The molecular formula is C12H17NO4. The zero-order valence-electron chi connectivity index (χ0n) is 9.63. The van der Waals surface area contributed by atoms with Crippen LogP contribution in [0.15, 0.2) is 16.7 Å². The number of rotatable bonds is 4. The molecule has 0 spiro atoms. The van der Waals surface area contributed by atoms with Crippen molar-refractivity contribution < 1.29 is 19.4 Å². The minimum Gasteiger partial charge on any atom is -0.478 e. The lowest BCUT2D eigenvalue weighted by Gasteiger charge is -2.33. The van der Waals surface area contributed by atoms with Crippen molar-refractivity contribution in [2.24, 2.45) is 0 Å². The van der Waals surface area contributed by atoms with Crippen molar-refractivity contribution in [1.29, 1.82) is 0 Å². The highest BCUT2D eigenvalue weighted by molar-refractivity contribution is 5.88. The largest absolute Gasteiger partial charge is 0.478 e. The molecule has 2 N–H and O–H groups in total. The Balaban J connectivity index is 2.08. The fourth-order valence-electron chi connectivity index (χ4n) is 2.31. The third kappa shape index (κ3) is 2.68. The summed E-state index contributed by atoms with van der Waals surface area (Å²) in [6.07, 6.45) is 4.56. The molecule has 5 heteroatoms. The van der Waals surface area contributed by atoms with Crippen LogP contribution in [0.5, 0.6) is 0 Å². The van der Waals surface area contributed by atoms with Crippen LogP contribution in [-0.2, 0) is 6.54 Å². The summed E-state index contributed by atoms with van der Waals surface area (Å²) in [5.41, 5.74) is 0.215. The predicted octanol–water partition coefficient (Wildman–Crippen LogP) is 1.32. The quantitative estimate of drug-likeness (QED) is 0.829. The third-order valence-electron chi connectivity index (χ3n) is 3.28. The summed E-state index contributed by atoms with van der Waals surface area (Å²) in [7, 11) is 0. The average Bonchev–Trinajstić information content (AvgIpc) is 2.78. The number of carbonyl (C=O) groups is 1. The summed E-state index contributed by atoms with van der Waals surface area (Å²) in [6.45, 7) is 1.45. The summed E-state index contributed by atoms with van der Waals surface area (Å²) >= 11 is 0. The number of carboxylic acid groups (broad SMARTS) is 1. The Morgan fingerprint density at radius 3 is 3.06 bits per heavy atom. The summed E-state index contributed by atoms with van der Waals surface area (Å²) in [4.78, 5) is 13.0. The molecule has 2 rings (SSSR count). The van der Waals surface area contributed by atoms with Gasteiger partial charge in [0.05, 0.1) is 19.4 Å². The Kier molecular flexibility index (Phi) is 3.81. The number of hydrogen-bond acceptors (Lipinski definition) is 4. The molecule has 1 saturated heterocycles. The van der Waals surface area contributed by atoms with E-state index in [4.69, 9.17) is 9.52 Å². The fraction of sp³-hybridized carbons (Fsp3) is 0.583. The summed E-state index contributed by atoms with van der Waals surface area (Å²) in [5.74, 6) is -0.496. The van der Waals surface area contributed by atoms with Crippen molar-refractivity contribution in [3.8, 4) is 0 Å². The van der Waals surface area contributed by atoms with Gasteiger partial charge in [-0.1, -0.05) is 6.42 Å². The van der Waals surface area contributed by atoms with Gasteiger partial charge < -0.3 is 14.6 Å². The molecule has 1 aliphatic rings. The van der Waals surface area contributed by atoms with E-state index < -0.39 is 5.97 Å². The van der Waals surface area contributed by atoms with Gasteiger partial charge in [-0.3, -0.25) is 4.90 Å². The maximum absolute atomic E-state index is 10.9. The highest BCUT2D eigenvalue weighted by Gasteiger charge is 2.24. The van der Waals surface area contributed by atoms with Gasteiger partial charge in [-0.2, -0.15) is 0 Å². The van der Waals surface area contributed by atoms with Gasteiger partial charge in [-0.05, 0) is 25.5 Å². The predicted molar refractivity (Wildman–Crippen MR) is 60.8 cm³/mol. The second-order valence-electron chi connectivity index (χ2n) is 4.37. The van der Waals surface area contributed by atoms with Crippen LogP contribution in [0.4, 0.5) is 0 Å². The van der Waals surface area contributed by atoms with Crippen LogP contribution in [0.2, 0.25) is 0 Å². The van der Waals surface area contributed by atoms with Crippen molar-refractivity contribution in [3.63, 3.8) is 0 Å². The Hall–Kier alpha value is -1.33. The van der Waals surface area contributed by atoms with Crippen molar-refractivity contribution in [2.45, 2.75) is 31.8 Å². The van der Waals surface area contributed by atoms with Crippen LogP contribution in [0.25, 0.3) is 0 Å². The third-order valence-corrected chi connectivity index (χ3v) is 3.28. The average molecular weight is 239 g/mol. The molecule has 1 aromatic rings. The first-order chi connectivity index (χ1) is 8.22. The molecule has 0 aromatic carbocycles. The van der Waals surface area contributed by atoms with Gasteiger partial charge in [-0.15, -0.1) is 0 Å². The molecule has 94 valence electrons. The number of hydrogen-bond donors (Lipinski definition) is 2. The maximum Gasteiger partial charge on any atom is 0.339 e. The first-order valence-corrected chi connectivity index (χ1v) is 5.87. The topological polar surface area (TPSA) is 73.9 Å². The molecule has 0 radical (unpaired) electrons. The van der Waals surface area contributed by atoms with E-state index in [-0.39, 0.29) is 18.2 Å². The first-order valence-electron chi connectivity index (χ1n) is 5.87. The van der Waals surface area contributed by atoms with Crippen LogP contribution in [0.1, 0.15) is 35.4 Å². The van der Waals surface area contributed by atoms with Gasteiger partial charge in [0.25, 0.3) is 0 Å². The standard InChI is InChI=1S/C12H17NO4/c14-8-9-3-1-2-5-13(9)7-11-10(12(15)16)4-6-17-11/h4,6,9,14H,1-3,5,7-8H2,(H,15,16). The second-order valence-corrected chi connectivity index (χ2v) is 4.37. The molecule has 1 aromatic heterocycles. The normalized spacial score (nSPS) is 21.6. The number of aromatic carboxylic acids is 1. The number of aliphatic hydroxyl groups excluding tert-OH is 1. The molecule has 0 saturated carbocycles. The van der Waals surface area contributed by atoms with Crippen molar-refractivity contribution in [2.75, 3.05) is 13.2 Å². The van der Waals surface area contributed by atoms with Gasteiger partial charge >= 0.3 is 5.97 Å². The Morgan fingerprint density at radius 2 is 2.35 bits per heavy atom. The van der Waals surface area contributed by atoms with Crippen LogP contribution >= 0.6 is 0 Å². The number of likely N-dealkylation sites (tertiary alicyclic amines) is 1. The number of piperidine rings is 1. The molecule has 17 heavy (non-hydrogen) atoms. The minimum atomic E-state index is -0.966. The Morgan fingerprint density at radius 1 is 1.53 bits per heavy atom. The lowest BCUT2D eigenvalue weighted by Crippen LogP contribution is -2.41. The molecular weight excluding hydrogens is 222 g/mol.